The van der Waals surface area contributed by atoms with E-state index in [1.165, 1.54) is 16.9 Å². The molecule has 1 aromatic carbocycles. The van der Waals surface area contributed by atoms with Crippen LogP contribution in [0.2, 0.25) is 5.02 Å². The molecule has 3 N–H and O–H groups in total. The van der Waals surface area contributed by atoms with Gasteiger partial charge in [-0.1, -0.05) is 41.9 Å². The molecular weight excluding hydrogens is 432 g/mol. The lowest BCUT2D eigenvalue weighted by molar-refractivity contribution is -0.129. The van der Waals surface area contributed by atoms with Gasteiger partial charge in [0.1, 0.15) is 10.9 Å². The van der Waals surface area contributed by atoms with E-state index >= 15 is 0 Å². The molecule has 2 amide bonds. The standard InChI is InChI=1S/C23H25ClN4O2S/c1-14(21(29)26-11-17-8-18-19(24)13-31-23(18)27-12-17)28-22(30)20-9-16(10-25-20)7-15-5-3-2-4-6-15/h2-6,8,12-14,16,20,25H,7,9-11H2,1H3,(H,26,29)(H,28,30)/t14?,16-,20+/m0/s1. The highest BCUT2D eigenvalue weighted by atomic mass is 35.5. The number of fused-ring (bicyclic) bond motifs is 1. The molecule has 0 spiro atoms. The molecule has 8 heteroatoms. The third-order valence-electron chi connectivity index (χ3n) is 5.56. The Hall–Kier alpha value is -2.48. The van der Waals surface area contributed by atoms with Gasteiger partial charge in [-0.05, 0) is 49.4 Å². The number of halogens is 1. The number of amides is 2. The molecule has 4 rings (SSSR count). The van der Waals surface area contributed by atoms with Gasteiger partial charge in [-0.3, -0.25) is 9.59 Å². The molecular formula is C23H25ClN4O2S. The summed E-state index contributed by atoms with van der Waals surface area (Å²) in [6.45, 7) is 2.82. The van der Waals surface area contributed by atoms with Gasteiger partial charge in [-0.25, -0.2) is 4.98 Å². The maximum atomic E-state index is 12.6. The summed E-state index contributed by atoms with van der Waals surface area (Å²) in [6, 6.07) is 11.3. The number of hydrogen-bond donors (Lipinski definition) is 3. The minimum Gasteiger partial charge on any atom is -0.350 e. The van der Waals surface area contributed by atoms with Gasteiger partial charge in [-0.2, -0.15) is 0 Å². The summed E-state index contributed by atoms with van der Waals surface area (Å²) in [4.78, 5) is 30.3. The van der Waals surface area contributed by atoms with Crippen molar-refractivity contribution in [3.05, 3.63) is 64.1 Å². The summed E-state index contributed by atoms with van der Waals surface area (Å²) >= 11 is 7.65. The highest BCUT2D eigenvalue weighted by Gasteiger charge is 2.30. The van der Waals surface area contributed by atoms with Crippen LogP contribution in [0, 0.1) is 5.92 Å². The summed E-state index contributed by atoms with van der Waals surface area (Å²) in [7, 11) is 0. The largest absolute Gasteiger partial charge is 0.350 e. The second-order valence-electron chi connectivity index (χ2n) is 7.98. The zero-order chi connectivity index (χ0) is 21.8. The summed E-state index contributed by atoms with van der Waals surface area (Å²) in [5, 5.41) is 12.4. The molecule has 1 fully saturated rings. The van der Waals surface area contributed by atoms with Crippen molar-refractivity contribution < 1.29 is 9.59 Å². The Bertz CT molecular complexity index is 1070. The van der Waals surface area contributed by atoms with E-state index in [0.717, 1.165) is 35.2 Å². The van der Waals surface area contributed by atoms with Crippen LogP contribution in [0.3, 0.4) is 0 Å². The van der Waals surface area contributed by atoms with Gasteiger partial charge in [0, 0.05) is 23.5 Å². The molecule has 0 radical (unpaired) electrons. The summed E-state index contributed by atoms with van der Waals surface area (Å²) in [5.74, 6) is 0.0451. The van der Waals surface area contributed by atoms with Gasteiger partial charge >= 0.3 is 0 Å². The number of thiophene rings is 1. The molecule has 3 aromatic rings. The molecule has 31 heavy (non-hydrogen) atoms. The van der Waals surface area contributed by atoms with Crippen LogP contribution in [0.5, 0.6) is 0 Å². The first-order valence-corrected chi connectivity index (χ1v) is 11.6. The number of pyridine rings is 1. The van der Waals surface area contributed by atoms with Crippen LogP contribution in [-0.2, 0) is 22.6 Å². The van der Waals surface area contributed by atoms with Crippen LogP contribution in [0.4, 0.5) is 0 Å². The Labute approximate surface area is 190 Å². The number of carbonyl (C=O) groups excluding carboxylic acids is 2. The lowest BCUT2D eigenvalue weighted by Gasteiger charge is -2.17. The first kappa shape index (κ1) is 21.7. The average Bonchev–Trinajstić information content (AvgIpc) is 3.39. The molecule has 1 unspecified atom stereocenters. The molecule has 2 aromatic heterocycles. The van der Waals surface area contributed by atoms with E-state index in [4.69, 9.17) is 11.6 Å². The molecule has 1 aliphatic rings. The van der Waals surface area contributed by atoms with Crippen molar-refractivity contribution >= 4 is 45.0 Å². The first-order chi connectivity index (χ1) is 15.0. The molecule has 0 saturated carbocycles. The van der Waals surface area contributed by atoms with Crippen molar-refractivity contribution in [2.24, 2.45) is 5.92 Å². The second-order valence-corrected chi connectivity index (χ2v) is 9.25. The Kier molecular flexibility index (Phi) is 6.85. The number of hydrogen-bond acceptors (Lipinski definition) is 5. The monoisotopic (exact) mass is 456 g/mol. The summed E-state index contributed by atoms with van der Waals surface area (Å²) in [6.07, 6.45) is 3.44. The molecule has 3 atom stereocenters. The number of carbonyl (C=O) groups is 2. The smallest absolute Gasteiger partial charge is 0.242 e. The average molecular weight is 457 g/mol. The lowest BCUT2D eigenvalue weighted by atomic mass is 9.96. The van der Waals surface area contributed by atoms with E-state index in [-0.39, 0.29) is 17.9 Å². The molecule has 6 nitrogen and oxygen atoms in total. The Morgan fingerprint density at radius 1 is 1.29 bits per heavy atom. The van der Waals surface area contributed by atoms with E-state index < -0.39 is 6.04 Å². The van der Waals surface area contributed by atoms with Crippen LogP contribution in [0.1, 0.15) is 24.5 Å². The quantitative estimate of drug-likeness (QED) is 0.509. The van der Waals surface area contributed by atoms with Crippen molar-refractivity contribution in [2.75, 3.05) is 6.54 Å². The zero-order valence-corrected chi connectivity index (χ0v) is 18.8. The SMILES string of the molecule is CC(NC(=O)[C@H]1C[C@H](Cc2ccccc2)CN1)C(=O)NCc1cnc2scc(Cl)c2c1. The number of benzene rings is 1. The minimum absolute atomic E-state index is 0.133. The van der Waals surface area contributed by atoms with Crippen molar-refractivity contribution in [3.63, 3.8) is 0 Å². The van der Waals surface area contributed by atoms with Gasteiger partial charge in [0.05, 0.1) is 11.1 Å². The highest BCUT2D eigenvalue weighted by Crippen LogP contribution is 2.28. The molecule has 0 aliphatic carbocycles. The van der Waals surface area contributed by atoms with Crippen LogP contribution < -0.4 is 16.0 Å². The third-order valence-corrected chi connectivity index (χ3v) is 6.91. The normalized spacial score (nSPS) is 19.3. The van der Waals surface area contributed by atoms with E-state index in [0.29, 0.717) is 17.5 Å². The van der Waals surface area contributed by atoms with E-state index in [9.17, 15) is 9.59 Å². The Morgan fingerprint density at radius 2 is 2.10 bits per heavy atom. The maximum Gasteiger partial charge on any atom is 0.242 e. The fraction of sp³-hybridized carbons (Fsp3) is 0.348. The molecule has 1 saturated heterocycles. The van der Waals surface area contributed by atoms with Crippen molar-refractivity contribution in [2.45, 2.75) is 38.4 Å². The number of nitrogens with one attached hydrogen (secondary N) is 3. The van der Waals surface area contributed by atoms with Crippen molar-refractivity contribution in [1.29, 1.82) is 0 Å². The van der Waals surface area contributed by atoms with Gasteiger partial charge in [0.15, 0.2) is 0 Å². The molecule has 0 bridgehead atoms. The van der Waals surface area contributed by atoms with Gasteiger partial charge in [0.2, 0.25) is 11.8 Å². The summed E-state index contributed by atoms with van der Waals surface area (Å²) in [5.41, 5.74) is 2.14. The third kappa shape index (κ3) is 5.42. The van der Waals surface area contributed by atoms with Crippen molar-refractivity contribution in [1.82, 2.24) is 20.9 Å². The fourth-order valence-electron chi connectivity index (χ4n) is 3.86. The fourth-order valence-corrected chi connectivity index (χ4v) is 4.95. The summed E-state index contributed by atoms with van der Waals surface area (Å²) < 4.78 is 0. The van der Waals surface area contributed by atoms with E-state index in [2.05, 4.69) is 33.1 Å². The lowest BCUT2D eigenvalue weighted by Crippen LogP contribution is -2.49. The van der Waals surface area contributed by atoms with Gasteiger partial charge in [-0.15, -0.1) is 11.3 Å². The predicted molar refractivity (Wildman–Crippen MR) is 124 cm³/mol. The van der Waals surface area contributed by atoms with Crippen LogP contribution in [0.25, 0.3) is 10.2 Å². The molecule has 1 aliphatic heterocycles. The Balaban J connectivity index is 1.24. The maximum absolute atomic E-state index is 12.6. The number of aromatic nitrogens is 1. The van der Waals surface area contributed by atoms with Crippen molar-refractivity contribution in [3.8, 4) is 0 Å². The van der Waals surface area contributed by atoms with E-state index in [1.807, 2.05) is 29.6 Å². The van der Waals surface area contributed by atoms with E-state index in [1.54, 1.807) is 13.1 Å². The minimum atomic E-state index is -0.621. The molecule has 3 heterocycles. The highest BCUT2D eigenvalue weighted by molar-refractivity contribution is 7.17. The topological polar surface area (TPSA) is 83.1 Å². The first-order valence-electron chi connectivity index (χ1n) is 10.4. The van der Waals surface area contributed by atoms with Crippen LogP contribution >= 0.6 is 22.9 Å². The van der Waals surface area contributed by atoms with Crippen LogP contribution in [-0.4, -0.2) is 35.4 Å². The zero-order valence-electron chi connectivity index (χ0n) is 17.2. The van der Waals surface area contributed by atoms with Gasteiger partial charge in [0.25, 0.3) is 0 Å². The number of rotatable bonds is 7. The van der Waals surface area contributed by atoms with Gasteiger partial charge < -0.3 is 16.0 Å². The molecule has 162 valence electrons. The predicted octanol–water partition coefficient (Wildman–Crippen LogP) is 3.29. The van der Waals surface area contributed by atoms with Crippen LogP contribution in [0.15, 0.2) is 48.0 Å². The number of nitrogens with zero attached hydrogens (tertiary/aromatic N) is 1. The second kappa shape index (κ2) is 9.77. The Morgan fingerprint density at radius 3 is 2.90 bits per heavy atom.